The first-order valence-corrected chi connectivity index (χ1v) is 6.99. The summed E-state index contributed by atoms with van der Waals surface area (Å²) < 4.78 is 0. The molecule has 1 aromatic heterocycles. The fraction of sp³-hybridized carbons (Fsp3) is 0.533. The van der Waals surface area contributed by atoms with Crippen LogP contribution in [0.25, 0.3) is 0 Å². The minimum absolute atomic E-state index is 0.233. The van der Waals surface area contributed by atoms with Crippen LogP contribution in [-0.4, -0.2) is 51.0 Å². The number of urea groups is 1. The zero-order valence-electron chi connectivity index (χ0n) is 12.6. The van der Waals surface area contributed by atoms with Crippen LogP contribution in [-0.2, 0) is 11.3 Å². The maximum absolute atomic E-state index is 12.5. The van der Waals surface area contributed by atoms with E-state index >= 15 is 0 Å². The van der Waals surface area contributed by atoms with Crippen molar-refractivity contribution in [2.75, 3.05) is 13.1 Å². The van der Waals surface area contributed by atoms with Gasteiger partial charge in [-0.15, -0.1) is 0 Å². The molecule has 6 nitrogen and oxygen atoms in total. The molecule has 21 heavy (non-hydrogen) atoms. The lowest BCUT2D eigenvalue weighted by Crippen LogP contribution is -2.50. The molecule has 1 atom stereocenters. The minimum Gasteiger partial charge on any atom is -0.480 e. The quantitative estimate of drug-likeness (QED) is 0.918. The number of hydrogen-bond donors (Lipinski definition) is 1. The molecule has 0 saturated carbocycles. The van der Waals surface area contributed by atoms with E-state index in [4.69, 9.17) is 0 Å². The lowest BCUT2D eigenvalue weighted by Gasteiger charge is -2.34. The maximum Gasteiger partial charge on any atom is 0.327 e. The van der Waals surface area contributed by atoms with E-state index < -0.39 is 17.4 Å². The van der Waals surface area contributed by atoms with E-state index in [1.807, 2.05) is 39.0 Å². The fourth-order valence-corrected chi connectivity index (χ4v) is 2.65. The first-order chi connectivity index (χ1) is 9.80. The van der Waals surface area contributed by atoms with Crippen LogP contribution >= 0.6 is 0 Å². The SMILES string of the molecule is CC(C)(C)[C@@H](C(=O)O)N1CCN(Cc2ccccn2)C1=O. The third-order valence-electron chi connectivity index (χ3n) is 3.57. The smallest absolute Gasteiger partial charge is 0.327 e. The van der Waals surface area contributed by atoms with Crippen molar-refractivity contribution in [2.45, 2.75) is 33.4 Å². The van der Waals surface area contributed by atoms with Crippen molar-refractivity contribution in [2.24, 2.45) is 5.41 Å². The Morgan fingerprint density at radius 1 is 1.38 bits per heavy atom. The Morgan fingerprint density at radius 2 is 2.10 bits per heavy atom. The first-order valence-electron chi connectivity index (χ1n) is 6.99. The van der Waals surface area contributed by atoms with Gasteiger partial charge in [0, 0.05) is 19.3 Å². The average molecular weight is 291 g/mol. The van der Waals surface area contributed by atoms with Crippen molar-refractivity contribution in [1.29, 1.82) is 0 Å². The molecule has 0 unspecified atom stereocenters. The molecule has 2 amide bonds. The summed E-state index contributed by atoms with van der Waals surface area (Å²) in [5.74, 6) is -0.962. The largest absolute Gasteiger partial charge is 0.480 e. The monoisotopic (exact) mass is 291 g/mol. The highest BCUT2D eigenvalue weighted by atomic mass is 16.4. The van der Waals surface area contributed by atoms with Crippen molar-refractivity contribution in [3.63, 3.8) is 0 Å². The first kappa shape index (κ1) is 15.3. The number of amides is 2. The molecule has 0 spiro atoms. The molecule has 0 aromatic carbocycles. The molecule has 1 aromatic rings. The zero-order chi connectivity index (χ0) is 15.6. The number of carboxylic acid groups (broad SMARTS) is 1. The van der Waals surface area contributed by atoms with Crippen LogP contribution in [0.15, 0.2) is 24.4 Å². The molecule has 0 bridgehead atoms. The van der Waals surface area contributed by atoms with Gasteiger partial charge in [-0.1, -0.05) is 26.8 Å². The lowest BCUT2D eigenvalue weighted by atomic mass is 9.86. The highest BCUT2D eigenvalue weighted by Crippen LogP contribution is 2.28. The third-order valence-corrected chi connectivity index (χ3v) is 3.57. The molecule has 0 aliphatic carbocycles. The zero-order valence-corrected chi connectivity index (χ0v) is 12.6. The predicted molar refractivity (Wildman–Crippen MR) is 77.6 cm³/mol. The summed E-state index contributed by atoms with van der Waals surface area (Å²) in [5.41, 5.74) is 0.290. The Labute approximate surface area is 124 Å². The maximum atomic E-state index is 12.5. The number of pyridine rings is 1. The van der Waals surface area contributed by atoms with Crippen molar-refractivity contribution in [3.8, 4) is 0 Å². The lowest BCUT2D eigenvalue weighted by molar-refractivity contribution is -0.145. The van der Waals surface area contributed by atoms with Crippen molar-refractivity contribution in [3.05, 3.63) is 30.1 Å². The van der Waals surface area contributed by atoms with Crippen LogP contribution in [0.4, 0.5) is 4.79 Å². The number of carboxylic acids is 1. The highest BCUT2D eigenvalue weighted by Gasteiger charge is 2.43. The van der Waals surface area contributed by atoms with Gasteiger partial charge in [-0.2, -0.15) is 0 Å². The molecule has 1 N–H and O–H groups in total. The average Bonchev–Trinajstić information content (AvgIpc) is 2.71. The summed E-state index contributed by atoms with van der Waals surface area (Å²) in [4.78, 5) is 31.3. The number of carbonyl (C=O) groups is 2. The van der Waals surface area contributed by atoms with Gasteiger partial charge < -0.3 is 14.9 Å². The van der Waals surface area contributed by atoms with E-state index in [1.54, 1.807) is 11.1 Å². The molecule has 2 heterocycles. The molecule has 1 saturated heterocycles. The van der Waals surface area contributed by atoms with Crippen LogP contribution in [0.5, 0.6) is 0 Å². The van der Waals surface area contributed by atoms with E-state index in [2.05, 4.69) is 4.98 Å². The summed E-state index contributed by atoms with van der Waals surface area (Å²) in [7, 11) is 0. The van der Waals surface area contributed by atoms with Gasteiger partial charge in [-0.05, 0) is 17.5 Å². The molecule has 0 radical (unpaired) electrons. The van der Waals surface area contributed by atoms with Crippen LogP contribution in [0.2, 0.25) is 0 Å². The molecular formula is C15H21N3O3. The highest BCUT2D eigenvalue weighted by molar-refractivity contribution is 5.84. The van der Waals surface area contributed by atoms with E-state index in [0.29, 0.717) is 19.6 Å². The van der Waals surface area contributed by atoms with E-state index in [9.17, 15) is 14.7 Å². The van der Waals surface area contributed by atoms with Crippen molar-refractivity contribution in [1.82, 2.24) is 14.8 Å². The van der Waals surface area contributed by atoms with Gasteiger partial charge in [0.1, 0.15) is 6.04 Å². The molecule has 114 valence electrons. The Balaban J connectivity index is 2.12. The third kappa shape index (κ3) is 3.32. The number of nitrogens with zero attached hydrogens (tertiary/aromatic N) is 3. The standard InChI is InChI=1S/C15H21N3O3/c1-15(2,3)12(13(19)20)18-9-8-17(14(18)21)10-11-6-4-5-7-16-11/h4-7,12H,8-10H2,1-3H3,(H,19,20)/t12-/m1/s1. The van der Waals surface area contributed by atoms with Crippen LogP contribution in [0.1, 0.15) is 26.5 Å². The van der Waals surface area contributed by atoms with Gasteiger partial charge in [0.05, 0.1) is 12.2 Å². The van der Waals surface area contributed by atoms with Gasteiger partial charge >= 0.3 is 12.0 Å². The molecule has 6 heteroatoms. The van der Waals surface area contributed by atoms with Gasteiger partial charge in [-0.3, -0.25) is 4.98 Å². The summed E-state index contributed by atoms with van der Waals surface area (Å²) in [6.07, 6.45) is 1.68. The Morgan fingerprint density at radius 3 is 2.62 bits per heavy atom. The summed E-state index contributed by atoms with van der Waals surface area (Å²) >= 11 is 0. The van der Waals surface area contributed by atoms with Crippen LogP contribution < -0.4 is 0 Å². The number of hydrogen-bond acceptors (Lipinski definition) is 3. The number of rotatable bonds is 4. The topological polar surface area (TPSA) is 73.7 Å². The Bertz CT molecular complexity index is 525. The Kier molecular flexibility index (Phi) is 4.16. The number of carbonyl (C=O) groups excluding carboxylic acids is 1. The van der Waals surface area contributed by atoms with Crippen molar-refractivity contribution < 1.29 is 14.7 Å². The van der Waals surface area contributed by atoms with Gasteiger partial charge in [-0.25, -0.2) is 9.59 Å². The van der Waals surface area contributed by atoms with Gasteiger partial charge in [0.25, 0.3) is 0 Å². The van der Waals surface area contributed by atoms with E-state index in [1.165, 1.54) is 4.90 Å². The van der Waals surface area contributed by atoms with Gasteiger partial charge in [0.2, 0.25) is 0 Å². The minimum atomic E-state index is -0.962. The second-order valence-corrected chi connectivity index (χ2v) is 6.33. The normalized spacial score (nSPS) is 17.2. The van der Waals surface area contributed by atoms with Crippen LogP contribution in [0.3, 0.4) is 0 Å². The number of aliphatic carboxylic acids is 1. The molecule has 1 fully saturated rings. The molecule has 2 rings (SSSR count). The fourth-order valence-electron chi connectivity index (χ4n) is 2.65. The van der Waals surface area contributed by atoms with Crippen LogP contribution in [0, 0.1) is 5.41 Å². The molecule has 1 aliphatic heterocycles. The Hall–Kier alpha value is -2.11. The van der Waals surface area contributed by atoms with E-state index in [-0.39, 0.29) is 6.03 Å². The second kappa shape index (κ2) is 5.71. The second-order valence-electron chi connectivity index (χ2n) is 6.33. The van der Waals surface area contributed by atoms with Crippen molar-refractivity contribution >= 4 is 12.0 Å². The van der Waals surface area contributed by atoms with Gasteiger partial charge in [0.15, 0.2) is 0 Å². The molecular weight excluding hydrogens is 270 g/mol. The van der Waals surface area contributed by atoms with E-state index in [0.717, 1.165) is 5.69 Å². The summed E-state index contributed by atoms with van der Waals surface area (Å²) in [5, 5.41) is 9.44. The molecule has 1 aliphatic rings. The predicted octanol–water partition coefficient (Wildman–Crippen LogP) is 1.82. The summed E-state index contributed by atoms with van der Waals surface area (Å²) in [6, 6.07) is 4.49. The number of aromatic nitrogens is 1. The summed E-state index contributed by atoms with van der Waals surface area (Å²) in [6.45, 7) is 6.86.